The standard InChI is InChI=1S/C10H20BrClO/c1-9(2,3)5-6-13-10(4,7-11)8-12/h5-8H2,1-4H3. The van der Waals surface area contributed by atoms with Crippen molar-refractivity contribution in [2.45, 2.75) is 39.7 Å². The highest BCUT2D eigenvalue weighted by Gasteiger charge is 2.23. The average Bonchev–Trinajstić information content (AvgIpc) is 2.02. The van der Waals surface area contributed by atoms with Crippen LogP contribution in [0.4, 0.5) is 0 Å². The minimum Gasteiger partial charge on any atom is -0.373 e. The van der Waals surface area contributed by atoms with Crippen molar-refractivity contribution in [2.24, 2.45) is 5.41 Å². The molecule has 0 heterocycles. The molecule has 0 spiro atoms. The third-order valence-electron chi connectivity index (χ3n) is 1.87. The Balaban J connectivity index is 3.74. The summed E-state index contributed by atoms with van der Waals surface area (Å²) in [4.78, 5) is 0. The van der Waals surface area contributed by atoms with Crippen molar-refractivity contribution in [3.63, 3.8) is 0 Å². The molecule has 13 heavy (non-hydrogen) atoms. The van der Waals surface area contributed by atoms with Crippen LogP contribution in [-0.4, -0.2) is 23.4 Å². The zero-order valence-electron chi connectivity index (χ0n) is 8.99. The minimum atomic E-state index is -0.215. The summed E-state index contributed by atoms with van der Waals surface area (Å²) in [5, 5.41) is 0.785. The molecule has 0 bridgehead atoms. The van der Waals surface area contributed by atoms with E-state index in [1.54, 1.807) is 0 Å². The monoisotopic (exact) mass is 270 g/mol. The molecule has 0 aliphatic rings. The summed E-state index contributed by atoms with van der Waals surface area (Å²) in [7, 11) is 0. The van der Waals surface area contributed by atoms with Crippen molar-refractivity contribution < 1.29 is 4.74 Å². The lowest BCUT2D eigenvalue weighted by atomic mass is 9.93. The Morgan fingerprint density at radius 1 is 1.23 bits per heavy atom. The summed E-state index contributed by atoms with van der Waals surface area (Å²) < 4.78 is 5.73. The van der Waals surface area contributed by atoms with Crippen LogP contribution in [0.1, 0.15) is 34.1 Å². The Morgan fingerprint density at radius 2 is 1.77 bits per heavy atom. The van der Waals surface area contributed by atoms with Gasteiger partial charge in [0.25, 0.3) is 0 Å². The van der Waals surface area contributed by atoms with E-state index in [-0.39, 0.29) is 5.60 Å². The zero-order valence-corrected chi connectivity index (χ0v) is 11.3. The predicted octanol–water partition coefficient (Wildman–Crippen LogP) is 3.83. The predicted molar refractivity (Wildman–Crippen MR) is 62.9 cm³/mol. The molecule has 80 valence electrons. The molecule has 0 amide bonds. The maximum Gasteiger partial charge on any atom is 0.0885 e. The van der Waals surface area contributed by atoms with Crippen LogP contribution in [0.2, 0.25) is 0 Å². The van der Waals surface area contributed by atoms with E-state index >= 15 is 0 Å². The maximum absolute atomic E-state index is 5.80. The van der Waals surface area contributed by atoms with Gasteiger partial charge in [-0.3, -0.25) is 0 Å². The first-order valence-corrected chi connectivity index (χ1v) is 6.24. The molecule has 0 fully saturated rings. The van der Waals surface area contributed by atoms with Crippen LogP contribution >= 0.6 is 27.5 Å². The highest BCUT2D eigenvalue weighted by Crippen LogP contribution is 2.21. The van der Waals surface area contributed by atoms with Crippen molar-refractivity contribution in [1.29, 1.82) is 0 Å². The fourth-order valence-electron chi connectivity index (χ4n) is 0.716. The van der Waals surface area contributed by atoms with Gasteiger partial charge in [-0.2, -0.15) is 0 Å². The van der Waals surface area contributed by atoms with Gasteiger partial charge in [-0.1, -0.05) is 36.7 Å². The quantitative estimate of drug-likeness (QED) is 0.691. The molecule has 0 saturated carbocycles. The van der Waals surface area contributed by atoms with E-state index < -0.39 is 0 Å². The largest absolute Gasteiger partial charge is 0.373 e. The average molecular weight is 272 g/mol. The van der Waals surface area contributed by atoms with Crippen LogP contribution in [0, 0.1) is 5.41 Å². The van der Waals surface area contributed by atoms with Gasteiger partial charge in [0, 0.05) is 11.9 Å². The van der Waals surface area contributed by atoms with Gasteiger partial charge >= 0.3 is 0 Å². The molecular formula is C10H20BrClO. The number of halogens is 2. The van der Waals surface area contributed by atoms with Gasteiger partial charge in [0.1, 0.15) is 0 Å². The fourth-order valence-corrected chi connectivity index (χ4v) is 1.48. The lowest BCUT2D eigenvalue weighted by Gasteiger charge is -2.27. The van der Waals surface area contributed by atoms with Crippen molar-refractivity contribution in [3.05, 3.63) is 0 Å². The molecule has 0 aromatic heterocycles. The van der Waals surface area contributed by atoms with E-state index in [1.165, 1.54) is 0 Å². The fraction of sp³-hybridized carbons (Fsp3) is 1.00. The molecule has 0 saturated heterocycles. The van der Waals surface area contributed by atoms with Gasteiger partial charge in [0.2, 0.25) is 0 Å². The Hall–Kier alpha value is 0.730. The molecule has 0 aliphatic heterocycles. The molecule has 1 unspecified atom stereocenters. The van der Waals surface area contributed by atoms with Gasteiger partial charge in [0.05, 0.1) is 11.5 Å². The Labute approximate surface area is 95.3 Å². The molecule has 0 aliphatic carbocycles. The second-order valence-electron chi connectivity index (χ2n) is 4.88. The van der Waals surface area contributed by atoms with Crippen molar-refractivity contribution in [1.82, 2.24) is 0 Å². The van der Waals surface area contributed by atoms with E-state index in [0.717, 1.165) is 18.4 Å². The minimum absolute atomic E-state index is 0.215. The highest BCUT2D eigenvalue weighted by molar-refractivity contribution is 9.09. The molecule has 0 N–H and O–H groups in total. The Morgan fingerprint density at radius 3 is 2.08 bits per heavy atom. The van der Waals surface area contributed by atoms with Gasteiger partial charge in [0.15, 0.2) is 0 Å². The van der Waals surface area contributed by atoms with Gasteiger partial charge in [-0.15, -0.1) is 11.6 Å². The molecular weight excluding hydrogens is 251 g/mol. The molecule has 0 aromatic carbocycles. The summed E-state index contributed by atoms with van der Waals surface area (Å²) in [6.07, 6.45) is 1.06. The molecule has 1 atom stereocenters. The Kier molecular flexibility index (Phi) is 5.88. The topological polar surface area (TPSA) is 9.23 Å². The first-order chi connectivity index (χ1) is 5.83. The van der Waals surface area contributed by atoms with Crippen LogP contribution in [0.25, 0.3) is 0 Å². The lowest BCUT2D eigenvalue weighted by Crippen LogP contribution is -2.34. The molecule has 0 aromatic rings. The third-order valence-corrected chi connectivity index (χ3v) is 3.62. The third kappa shape index (κ3) is 6.75. The van der Waals surface area contributed by atoms with Crippen LogP contribution in [-0.2, 0) is 4.74 Å². The molecule has 3 heteroatoms. The van der Waals surface area contributed by atoms with E-state index in [4.69, 9.17) is 16.3 Å². The summed E-state index contributed by atoms with van der Waals surface area (Å²) in [5.74, 6) is 0.530. The second kappa shape index (κ2) is 5.57. The SMILES string of the molecule is CC(C)(C)CCOC(C)(CCl)CBr. The van der Waals surface area contributed by atoms with Crippen LogP contribution in [0.15, 0.2) is 0 Å². The van der Waals surface area contributed by atoms with Crippen LogP contribution in [0.3, 0.4) is 0 Å². The van der Waals surface area contributed by atoms with Gasteiger partial charge in [-0.25, -0.2) is 0 Å². The van der Waals surface area contributed by atoms with Crippen LogP contribution < -0.4 is 0 Å². The maximum atomic E-state index is 5.80. The summed E-state index contributed by atoms with van der Waals surface area (Å²) in [5.41, 5.74) is 0.117. The first kappa shape index (κ1) is 13.7. The van der Waals surface area contributed by atoms with Gasteiger partial charge < -0.3 is 4.74 Å². The van der Waals surface area contributed by atoms with E-state index in [1.807, 2.05) is 6.92 Å². The summed E-state index contributed by atoms with van der Waals surface area (Å²) in [6.45, 7) is 9.43. The highest BCUT2D eigenvalue weighted by atomic mass is 79.9. The summed E-state index contributed by atoms with van der Waals surface area (Å²) >= 11 is 9.21. The zero-order chi connectivity index (χ0) is 10.5. The number of hydrogen-bond acceptors (Lipinski definition) is 1. The summed E-state index contributed by atoms with van der Waals surface area (Å²) in [6, 6.07) is 0. The van der Waals surface area contributed by atoms with Gasteiger partial charge in [-0.05, 0) is 18.8 Å². The lowest BCUT2D eigenvalue weighted by molar-refractivity contribution is -0.00706. The molecule has 0 rings (SSSR count). The van der Waals surface area contributed by atoms with Crippen molar-refractivity contribution >= 4 is 27.5 Å². The van der Waals surface area contributed by atoms with Crippen molar-refractivity contribution in [2.75, 3.05) is 17.8 Å². The second-order valence-corrected chi connectivity index (χ2v) is 5.70. The smallest absolute Gasteiger partial charge is 0.0885 e. The molecule has 1 nitrogen and oxygen atoms in total. The number of rotatable bonds is 5. The van der Waals surface area contributed by atoms with E-state index in [2.05, 4.69) is 36.7 Å². The number of alkyl halides is 2. The number of ether oxygens (including phenoxy) is 1. The van der Waals surface area contributed by atoms with Crippen LogP contribution in [0.5, 0.6) is 0 Å². The Bertz CT molecular complexity index is 138. The van der Waals surface area contributed by atoms with E-state index in [0.29, 0.717) is 11.3 Å². The number of hydrogen-bond donors (Lipinski definition) is 0. The first-order valence-electron chi connectivity index (χ1n) is 4.59. The van der Waals surface area contributed by atoms with Crippen molar-refractivity contribution in [3.8, 4) is 0 Å². The molecule has 0 radical (unpaired) electrons. The van der Waals surface area contributed by atoms with E-state index in [9.17, 15) is 0 Å². The normalized spacial score (nSPS) is 17.1.